The molecule has 24 heavy (non-hydrogen) atoms. The van der Waals surface area contributed by atoms with Gasteiger partial charge in [-0.3, -0.25) is 14.2 Å². The summed E-state index contributed by atoms with van der Waals surface area (Å²) in [6.07, 6.45) is 3.22. The van der Waals surface area contributed by atoms with Crippen molar-refractivity contribution in [2.75, 3.05) is 12.3 Å². The minimum absolute atomic E-state index is 0.0387. The Labute approximate surface area is 148 Å². The predicted molar refractivity (Wildman–Crippen MR) is 93.7 cm³/mol. The van der Waals surface area contributed by atoms with E-state index in [1.54, 1.807) is 21.2 Å². The molecule has 1 aromatic carbocycles. The molecule has 0 bridgehead atoms. The van der Waals surface area contributed by atoms with Gasteiger partial charge in [0.1, 0.15) is 5.56 Å². The first-order chi connectivity index (χ1) is 11.6. The van der Waals surface area contributed by atoms with E-state index < -0.39 is 0 Å². The highest BCUT2D eigenvalue weighted by molar-refractivity contribution is 7.99. The van der Waals surface area contributed by atoms with E-state index in [-0.39, 0.29) is 23.1 Å². The Kier molecular flexibility index (Phi) is 4.10. The second kappa shape index (κ2) is 6.26. The topological polar surface area (TPSA) is 55.2 Å². The van der Waals surface area contributed by atoms with E-state index >= 15 is 0 Å². The molecule has 1 aromatic heterocycles. The van der Waals surface area contributed by atoms with Gasteiger partial charge in [0.15, 0.2) is 5.16 Å². The summed E-state index contributed by atoms with van der Waals surface area (Å²) in [7, 11) is 0. The molecule has 2 aliphatic rings. The van der Waals surface area contributed by atoms with E-state index in [9.17, 15) is 9.59 Å². The minimum atomic E-state index is -0.234. The molecule has 0 N–H and O–H groups in total. The van der Waals surface area contributed by atoms with E-state index in [1.165, 1.54) is 6.20 Å². The zero-order chi connectivity index (χ0) is 16.7. The lowest BCUT2D eigenvalue weighted by Gasteiger charge is -2.25. The molecule has 0 aliphatic carbocycles. The standard InChI is InChI=1S/C17H16ClN3O2S/c18-12-4-1-3-11(9-12)14-5-2-6-20(14)15(22)13-10-19-17-21(16(13)23)7-8-24-17/h1,3-4,9-10,14H,2,5-8H2. The van der Waals surface area contributed by atoms with Crippen LogP contribution in [0.3, 0.4) is 0 Å². The van der Waals surface area contributed by atoms with Crippen LogP contribution >= 0.6 is 23.4 Å². The number of rotatable bonds is 2. The van der Waals surface area contributed by atoms with Crippen LogP contribution in [0.15, 0.2) is 40.4 Å². The molecular weight excluding hydrogens is 346 g/mol. The smallest absolute Gasteiger partial charge is 0.267 e. The van der Waals surface area contributed by atoms with Crippen molar-refractivity contribution in [1.29, 1.82) is 0 Å². The maximum Gasteiger partial charge on any atom is 0.267 e. The van der Waals surface area contributed by atoms with Gasteiger partial charge in [-0.15, -0.1) is 0 Å². The monoisotopic (exact) mass is 361 g/mol. The Hall–Kier alpha value is -1.79. The summed E-state index contributed by atoms with van der Waals surface area (Å²) >= 11 is 7.63. The van der Waals surface area contributed by atoms with Crippen LogP contribution in [0.5, 0.6) is 0 Å². The normalized spacial score (nSPS) is 19.5. The number of nitrogens with zero attached hydrogens (tertiary/aromatic N) is 3. The van der Waals surface area contributed by atoms with Gasteiger partial charge in [0.2, 0.25) is 0 Å². The van der Waals surface area contributed by atoms with Gasteiger partial charge in [-0.1, -0.05) is 35.5 Å². The van der Waals surface area contributed by atoms with Crippen molar-refractivity contribution in [2.45, 2.75) is 30.6 Å². The van der Waals surface area contributed by atoms with Crippen molar-refractivity contribution in [3.05, 3.63) is 57.0 Å². The number of carbonyl (C=O) groups excluding carboxylic acids is 1. The number of benzene rings is 1. The molecular formula is C17H16ClN3O2S. The fraction of sp³-hybridized carbons (Fsp3) is 0.353. The van der Waals surface area contributed by atoms with E-state index in [4.69, 9.17) is 11.6 Å². The highest BCUT2D eigenvalue weighted by atomic mass is 35.5. The van der Waals surface area contributed by atoms with Crippen molar-refractivity contribution in [2.24, 2.45) is 0 Å². The summed E-state index contributed by atoms with van der Waals surface area (Å²) in [4.78, 5) is 31.6. The van der Waals surface area contributed by atoms with Crippen LogP contribution in [0.1, 0.15) is 34.8 Å². The van der Waals surface area contributed by atoms with Gasteiger partial charge < -0.3 is 4.90 Å². The van der Waals surface area contributed by atoms with Crippen LogP contribution in [0.25, 0.3) is 0 Å². The summed E-state index contributed by atoms with van der Waals surface area (Å²) in [5, 5.41) is 1.35. The van der Waals surface area contributed by atoms with Crippen LogP contribution in [-0.4, -0.2) is 32.7 Å². The largest absolute Gasteiger partial charge is 0.331 e. The summed E-state index contributed by atoms with van der Waals surface area (Å²) in [5.41, 5.74) is 0.944. The lowest BCUT2D eigenvalue weighted by atomic mass is 10.0. The zero-order valence-corrected chi connectivity index (χ0v) is 14.5. The number of halogens is 1. The maximum absolute atomic E-state index is 13.0. The SMILES string of the molecule is O=C(c1cnc2n(c1=O)CCS2)N1CCCC1c1cccc(Cl)c1. The molecule has 0 saturated carbocycles. The van der Waals surface area contributed by atoms with Crippen LogP contribution in [-0.2, 0) is 6.54 Å². The summed E-state index contributed by atoms with van der Waals surface area (Å²) in [5.74, 6) is 0.594. The van der Waals surface area contributed by atoms with Crippen LogP contribution in [0, 0.1) is 0 Å². The zero-order valence-electron chi connectivity index (χ0n) is 12.9. The van der Waals surface area contributed by atoms with E-state index in [0.29, 0.717) is 23.3 Å². The Balaban J connectivity index is 1.68. The second-order valence-corrected chi connectivity index (χ2v) is 7.47. The lowest BCUT2D eigenvalue weighted by molar-refractivity contribution is 0.0732. The molecule has 1 saturated heterocycles. The number of hydrogen-bond acceptors (Lipinski definition) is 4. The van der Waals surface area contributed by atoms with Gasteiger partial charge in [0.25, 0.3) is 11.5 Å². The molecule has 1 atom stereocenters. The Bertz CT molecular complexity index is 867. The molecule has 0 spiro atoms. The second-order valence-electron chi connectivity index (χ2n) is 5.97. The van der Waals surface area contributed by atoms with Gasteiger partial charge in [0.05, 0.1) is 6.04 Å². The molecule has 4 rings (SSSR count). The van der Waals surface area contributed by atoms with Gasteiger partial charge in [-0.25, -0.2) is 4.98 Å². The third-order valence-corrected chi connectivity index (χ3v) is 5.74. The molecule has 7 heteroatoms. The number of carbonyl (C=O) groups is 1. The van der Waals surface area contributed by atoms with Crippen LogP contribution in [0.2, 0.25) is 5.02 Å². The van der Waals surface area contributed by atoms with Crippen LogP contribution < -0.4 is 5.56 Å². The Morgan fingerprint density at radius 2 is 2.21 bits per heavy atom. The van der Waals surface area contributed by atoms with E-state index in [1.807, 2.05) is 24.3 Å². The first kappa shape index (κ1) is 15.7. The molecule has 2 aliphatic heterocycles. The third-order valence-electron chi connectivity index (χ3n) is 4.53. The average Bonchev–Trinajstić information content (AvgIpc) is 3.24. The lowest BCUT2D eigenvalue weighted by Crippen LogP contribution is -2.36. The van der Waals surface area contributed by atoms with Crippen molar-refractivity contribution >= 4 is 29.3 Å². The number of hydrogen-bond donors (Lipinski definition) is 0. The van der Waals surface area contributed by atoms with E-state index in [2.05, 4.69) is 4.98 Å². The predicted octanol–water partition coefficient (Wildman–Crippen LogP) is 2.98. The highest BCUT2D eigenvalue weighted by Crippen LogP contribution is 2.34. The molecule has 3 heterocycles. The third kappa shape index (κ3) is 2.63. The quantitative estimate of drug-likeness (QED) is 0.772. The van der Waals surface area contributed by atoms with Gasteiger partial charge >= 0.3 is 0 Å². The molecule has 2 aromatic rings. The number of aromatic nitrogens is 2. The van der Waals surface area contributed by atoms with Crippen molar-refractivity contribution in [3.63, 3.8) is 0 Å². The molecule has 124 valence electrons. The molecule has 1 fully saturated rings. The van der Waals surface area contributed by atoms with Crippen molar-refractivity contribution in [1.82, 2.24) is 14.5 Å². The first-order valence-corrected chi connectivity index (χ1v) is 9.30. The van der Waals surface area contributed by atoms with Crippen LogP contribution in [0.4, 0.5) is 0 Å². The number of fused-ring (bicyclic) bond motifs is 1. The fourth-order valence-corrected chi connectivity index (χ4v) is 4.50. The first-order valence-electron chi connectivity index (χ1n) is 7.94. The summed E-state index contributed by atoms with van der Waals surface area (Å²) in [6, 6.07) is 7.54. The number of likely N-dealkylation sites (tertiary alicyclic amines) is 1. The number of thioether (sulfide) groups is 1. The van der Waals surface area contributed by atoms with E-state index in [0.717, 1.165) is 24.2 Å². The van der Waals surface area contributed by atoms with Gasteiger partial charge in [-0.2, -0.15) is 0 Å². The fourth-order valence-electron chi connectivity index (χ4n) is 3.39. The molecule has 1 amide bonds. The highest BCUT2D eigenvalue weighted by Gasteiger charge is 2.33. The minimum Gasteiger partial charge on any atom is -0.331 e. The number of amides is 1. The summed E-state index contributed by atoms with van der Waals surface area (Å²) < 4.78 is 1.60. The molecule has 0 radical (unpaired) electrons. The average molecular weight is 362 g/mol. The van der Waals surface area contributed by atoms with Gasteiger partial charge in [0, 0.05) is 30.1 Å². The van der Waals surface area contributed by atoms with Crippen molar-refractivity contribution in [3.8, 4) is 0 Å². The van der Waals surface area contributed by atoms with Crippen molar-refractivity contribution < 1.29 is 4.79 Å². The Morgan fingerprint density at radius 3 is 3.04 bits per heavy atom. The summed E-state index contributed by atoms with van der Waals surface area (Å²) in [6.45, 7) is 1.26. The van der Waals surface area contributed by atoms with Gasteiger partial charge in [-0.05, 0) is 30.5 Å². The maximum atomic E-state index is 13.0. The Morgan fingerprint density at radius 1 is 1.33 bits per heavy atom. The molecule has 1 unspecified atom stereocenters. The molecule has 5 nitrogen and oxygen atoms in total.